The van der Waals surface area contributed by atoms with E-state index in [9.17, 15) is 14.4 Å². The van der Waals surface area contributed by atoms with Gasteiger partial charge in [0.05, 0.1) is 13.5 Å². The van der Waals surface area contributed by atoms with Crippen LogP contribution in [-0.2, 0) is 32.1 Å². The highest BCUT2D eigenvalue weighted by Crippen LogP contribution is 2.41. The molecule has 1 fully saturated rings. The zero-order chi connectivity index (χ0) is 23.4. The van der Waals surface area contributed by atoms with Gasteiger partial charge in [0.15, 0.2) is 0 Å². The lowest BCUT2D eigenvalue weighted by atomic mass is 10.0. The lowest BCUT2D eigenvalue weighted by molar-refractivity contribution is -0.153. The number of carbonyl (C=O) groups excluding carboxylic acids is 3. The Morgan fingerprint density at radius 3 is 2.55 bits per heavy atom. The number of esters is 1. The van der Waals surface area contributed by atoms with Crippen LogP contribution in [0.2, 0.25) is 0 Å². The quantitative estimate of drug-likeness (QED) is 0.478. The predicted molar refractivity (Wildman–Crippen MR) is 125 cm³/mol. The maximum atomic E-state index is 12.9. The summed E-state index contributed by atoms with van der Waals surface area (Å²) in [4.78, 5) is 39.7. The zero-order valence-electron chi connectivity index (χ0n) is 18.2. The standard InChI is InChI=1S/C25H24N2O5S/c1-3-18-15-33-24-21(26-20(28)13-16-7-5-4-6-8-16)23(29)27(24)22(18)25(30)32-14-17-9-11-19(31-2)12-10-17/h3-12,21,24H,1,13-15H2,2H3,(H,26,28). The summed E-state index contributed by atoms with van der Waals surface area (Å²) >= 11 is 1.49. The molecule has 2 aliphatic heterocycles. The fourth-order valence-electron chi connectivity index (χ4n) is 3.73. The molecule has 2 heterocycles. The number of carbonyl (C=O) groups is 3. The topological polar surface area (TPSA) is 84.9 Å². The van der Waals surface area contributed by atoms with Crippen molar-refractivity contribution in [2.75, 3.05) is 12.9 Å². The summed E-state index contributed by atoms with van der Waals surface area (Å²) in [5.41, 5.74) is 2.50. The van der Waals surface area contributed by atoms with Crippen molar-refractivity contribution in [3.8, 4) is 5.75 Å². The first-order valence-corrected chi connectivity index (χ1v) is 11.5. The van der Waals surface area contributed by atoms with Crippen molar-refractivity contribution < 1.29 is 23.9 Å². The summed E-state index contributed by atoms with van der Waals surface area (Å²) < 4.78 is 10.6. The molecule has 170 valence electrons. The zero-order valence-corrected chi connectivity index (χ0v) is 19.0. The molecule has 7 nitrogen and oxygen atoms in total. The maximum absolute atomic E-state index is 12.9. The molecule has 0 aliphatic carbocycles. The van der Waals surface area contributed by atoms with Gasteiger partial charge in [-0.1, -0.05) is 55.1 Å². The molecule has 1 N–H and O–H groups in total. The number of benzene rings is 2. The molecule has 2 amide bonds. The Morgan fingerprint density at radius 1 is 1.15 bits per heavy atom. The van der Waals surface area contributed by atoms with Crippen molar-refractivity contribution >= 4 is 29.5 Å². The van der Waals surface area contributed by atoms with Gasteiger partial charge in [-0.3, -0.25) is 14.5 Å². The second-order valence-electron chi connectivity index (χ2n) is 7.62. The van der Waals surface area contributed by atoms with Gasteiger partial charge in [0.1, 0.15) is 29.5 Å². The third-order valence-corrected chi connectivity index (χ3v) is 6.79. The molecule has 2 aromatic carbocycles. The number of ether oxygens (including phenoxy) is 2. The molecular formula is C25H24N2O5S. The van der Waals surface area contributed by atoms with E-state index in [1.165, 1.54) is 16.7 Å². The summed E-state index contributed by atoms with van der Waals surface area (Å²) in [6.45, 7) is 3.84. The van der Waals surface area contributed by atoms with E-state index < -0.39 is 12.0 Å². The lowest BCUT2D eigenvalue weighted by Gasteiger charge is -2.49. The second kappa shape index (κ2) is 9.95. The summed E-state index contributed by atoms with van der Waals surface area (Å²) in [6.07, 6.45) is 1.76. The van der Waals surface area contributed by atoms with Crippen LogP contribution in [0, 0.1) is 0 Å². The van der Waals surface area contributed by atoms with Gasteiger partial charge in [0, 0.05) is 5.75 Å². The summed E-state index contributed by atoms with van der Waals surface area (Å²) in [5.74, 6) is 0.0517. The van der Waals surface area contributed by atoms with Crippen LogP contribution in [0.1, 0.15) is 11.1 Å². The summed E-state index contributed by atoms with van der Waals surface area (Å²) in [7, 11) is 1.58. The van der Waals surface area contributed by atoms with Crippen molar-refractivity contribution in [2.24, 2.45) is 0 Å². The van der Waals surface area contributed by atoms with Crippen LogP contribution < -0.4 is 10.1 Å². The van der Waals surface area contributed by atoms with E-state index in [1.54, 1.807) is 25.3 Å². The molecule has 0 spiro atoms. The fourth-order valence-corrected chi connectivity index (χ4v) is 5.07. The summed E-state index contributed by atoms with van der Waals surface area (Å²) in [6, 6.07) is 15.8. The molecule has 1 saturated heterocycles. The van der Waals surface area contributed by atoms with Crippen LogP contribution in [0.25, 0.3) is 0 Å². The highest BCUT2D eigenvalue weighted by molar-refractivity contribution is 8.00. The molecule has 33 heavy (non-hydrogen) atoms. The number of nitrogens with one attached hydrogen (secondary N) is 1. The Hall–Kier alpha value is -3.52. The average molecular weight is 465 g/mol. The number of allylic oxidation sites excluding steroid dienone is 1. The van der Waals surface area contributed by atoms with E-state index in [4.69, 9.17) is 9.47 Å². The monoisotopic (exact) mass is 464 g/mol. The van der Waals surface area contributed by atoms with Crippen LogP contribution in [0.4, 0.5) is 0 Å². The number of fused-ring (bicyclic) bond motifs is 1. The van der Waals surface area contributed by atoms with Gasteiger partial charge in [-0.25, -0.2) is 4.79 Å². The Balaban J connectivity index is 1.41. The van der Waals surface area contributed by atoms with Crippen molar-refractivity contribution in [1.82, 2.24) is 10.2 Å². The Bertz CT molecular complexity index is 1100. The lowest BCUT2D eigenvalue weighted by Crippen LogP contribution is -2.70. The fraction of sp³-hybridized carbons (Fsp3) is 0.240. The van der Waals surface area contributed by atoms with Gasteiger partial charge in [-0.05, 0) is 28.8 Å². The largest absolute Gasteiger partial charge is 0.497 e. The third kappa shape index (κ3) is 4.80. The van der Waals surface area contributed by atoms with Crippen molar-refractivity contribution in [3.05, 3.63) is 89.6 Å². The van der Waals surface area contributed by atoms with Crippen LogP contribution >= 0.6 is 11.8 Å². The van der Waals surface area contributed by atoms with Crippen LogP contribution in [0.3, 0.4) is 0 Å². The average Bonchev–Trinajstić information content (AvgIpc) is 2.85. The van der Waals surface area contributed by atoms with Crippen LogP contribution in [-0.4, -0.2) is 47.0 Å². The minimum absolute atomic E-state index is 0.0633. The first-order valence-electron chi connectivity index (χ1n) is 10.5. The van der Waals surface area contributed by atoms with Gasteiger partial charge >= 0.3 is 5.97 Å². The molecule has 0 aromatic heterocycles. The number of methoxy groups -OCH3 is 1. The Labute approximate surface area is 196 Å². The Kier molecular flexibility index (Phi) is 6.84. The summed E-state index contributed by atoms with van der Waals surface area (Å²) in [5, 5.41) is 2.45. The third-order valence-electron chi connectivity index (χ3n) is 5.49. The normalized spacial score (nSPS) is 19.3. The van der Waals surface area contributed by atoms with E-state index in [0.717, 1.165) is 11.1 Å². The van der Waals surface area contributed by atoms with Gasteiger partial charge < -0.3 is 14.8 Å². The number of hydrogen-bond donors (Lipinski definition) is 1. The van der Waals surface area contributed by atoms with E-state index in [2.05, 4.69) is 11.9 Å². The number of thioether (sulfide) groups is 1. The number of rotatable bonds is 8. The first kappa shape index (κ1) is 22.7. The van der Waals surface area contributed by atoms with Crippen molar-refractivity contribution in [1.29, 1.82) is 0 Å². The molecular weight excluding hydrogens is 440 g/mol. The van der Waals surface area contributed by atoms with E-state index in [0.29, 0.717) is 17.1 Å². The molecule has 4 rings (SSSR count). The number of amides is 2. The second-order valence-corrected chi connectivity index (χ2v) is 8.72. The first-order chi connectivity index (χ1) is 16.0. The highest BCUT2D eigenvalue weighted by atomic mass is 32.2. The van der Waals surface area contributed by atoms with Gasteiger partial charge in [0.2, 0.25) is 5.91 Å². The van der Waals surface area contributed by atoms with Crippen molar-refractivity contribution in [3.63, 3.8) is 0 Å². The van der Waals surface area contributed by atoms with Crippen molar-refractivity contribution in [2.45, 2.75) is 24.4 Å². The number of β-lactam (4-membered cyclic amide) rings is 1. The molecule has 0 bridgehead atoms. The van der Waals surface area contributed by atoms with Crippen LogP contribution in [0.15, 0.2) is 78.5 Å². The van der Waals surface area contributed by atoms with Crippen LogP contribution in [0.5, 0.6) is 5.75 Å². The minimum Gasteiger partial charge on any atom is -0.497 e. The smallest absolute Gasteiger partial charge is 0.355 e. The molecule has 2 aromatic rings. The van der Waals surface area contributed by atoms with Gasteiger partial charge in [-0.15, -0.1) is 11.8 Å². The Morgan fingerprint density at radius 2 is 1.88 bits per heavy atom. The molecule has 2 unspecified atom stereocenters. The van der Waals surface area contributed by atoms with Gasteiger partial charge in [0.25, 0.3) is 5.91 Å². The van der Waals surface area contributed by atoms with E-state index in [-0.39, 0.29) is 35.9 Å². The number of hydrogen-bond acceptors (Lipinski definition) is 6. The molecule has 2 atom stereocenters. The molecule has 8 heteroatoms. The molecule has 0 radical (unpaired) electrons. The van der Waals surface area contributed by atoms with E-state index >= 15 is 0 Å². The maximum Gasteiger partial charge on any atom is 0.355 e. The molecule has 2 aliphatic rings. The predicted octanol–water partition coefficient (Wildman–Crippen LogP) is 2.82. The highest BCUT2D eigenvalue weighted by Gasteiger charge is 2.54. The number of nitrogens with zero attached hydrogens (tertiary/aromatic N) is 1. The molecule has 0 saturated carbocycles. The SMILES string of the molecule is C=CC1=C(C(=O)OCc2ccc(OC)cc2)N2C(=O)C(NC(=O)Cc3ccccc3)C2SC1. The van der Waals surface area contributed by atoms with Gasteiger partial charge in [-0.2, -0.15) is 0 Å². The minimum atomic E-state index is -0.679. The van der Waals surface area contributed by atoms with E-state index in [1.807, 2.05) is 42.5 Å².